The quantitative estimate of drug-likeness (QED) is 0.270. The molecule has 3 rings (SSSR count). The van der Waals surface area contributed by atoms with E-state index in [1.54, 1.807) is 0 Å². The molecule has 0 amide bonds. The van der Waals surface area contributed by atoms with Gasteiger partial charge in [0.05, 0.1) is 26.2 Å². The van der Waals surface area contributed by atoms with Crippen LogP contribution >= 0.6 is 25.3 Å². The zero-order valence-electron chi connectivity index (χ0n) is 23.8. The SMILES string of the molecule is Cc1cc2c(S)c(c1)C=NCCNCCNCCN=Cc1cc(C)cc(c1S)C=NCCNCCNCCN=C2. The van der Waals surface area contributed by atoms with E-state index in [0.29, 0.717) is 26.2 Å². The normalized spacial score (nSPS) is 17.5. The fourth-order valence-corrected chi connectivity index (χ4v) is 4.63. The van der Waals surface area contributed by atoms with E-state index in [-0.39, 0.29) is 0 Å². The molecule has 0 saturated carbocycles. The topological polar surface area (TPSA) is 97.6 Å². The van der Waals surface area contributed by atoms with E-state index in [2.05, 4.69) is 79.3 Å². The highest BCUT2D eigenvalue weighted by Crippen LogP contribution is 2.20. The summed E-state index contributed by atoms with van der Waals surface area (Å²) in [6.07, 6.45) is 7.65. The standard InChI is InChI=1S/C30H44N8S2/c1-23-15-25-19-35-11-7-31-3-5-33-9-13-37-21-27-17-24(2)18-28(30(27)40)22-38-14-10-34-6-4-32-8-12-36-20-26(16-23)29(25)39/h15-22,31-34,39-40H,3-14H2,1-2H3. The maximum Gasteiger partial charge on any atom is 0.0514 e. The van der Waals surface area contributed by atoms with E-state index >= 15 is 0 Å². The number of fused-ring (bicyclic) bond motifs is 4. The van der Waals surface area contributed by atoms with Gasteiger partial charge in [-0.1, -0.05) is 0 Å². The van der Waals surface area contributed by atoms with Crippen molar-refractivity contribution in [1.29, 1.82) is 0 Å². The number of aryl methyl sites for hydroxylation is 2. The van der Waals surface area contributed by atoms with Gasteiger partial charge in [0.15, 0.2) is 0 Å². The summed E-state index contributed by atoms with van der Waals surface area (Å²) in [5.41, 5.74) is 6.42. The van der Waals surface area contributed by atoms with E-state index < -0.39 is 0 Å². The van der Waals surface area contributed by atoms with Gasteiger partial charge < -0.3 is 21.3 Å². The van der Waals surface area contributed by atoms with Crippen molar-refractivity contribution in [2.24, 2.45) is 20.0 Å². The van der Waals surface area contributed by atoms with Crippen LogP contribution in [0.4, 0.5) is 0 Å². The number of benzene rings is 2. The first kappa shape index (κ1) is 32.2. The van der Waals surface area contributed by atoms with Gasteiger partial charge in [0, 0.05) is 109 Å². The molecule has 8 nitrogen and oxygen atoms in total. The smallest absolute Gasteiger partial charge is 0.0514 e. The molecule has 0 saturated heterocycles. The Labute approximate surface area is 250 Å². The molecule has 0 radical (unpaired) electrons. The van der Waals surface area contributed by atoms with Gasteiger partial charge in [0.25, 0.3) is 0 Å². The fraction of sp³-hybridized carbons (Fsp3) is 0.467. The van der Waals surface area contributed by atoms with E-state index in [1.807, 2.05) is 24.9 Å². The van der Waals surface area contributed by atoms with Crippen LogP contribution in [0.25, 0.3) is 0 Å². The number of nitrogens with zero attached hydrogens (tertiary/aromatic N) is 4. The molecule has 0 fully saturated rings. The highest BCUT2D eigenvalue weighted by molar-refractivity contribution is 7.80. The lowest BCUT2D eigenvalue weighted by atomic mass is 10.1. The Bertz CT molecular complexity index is 1000. The van der Waals surface area contributed by atoms with Crippen molar-refractivity contribution < 1.29 is 0 Å². The average Bonchev–Trinajstić information content (AvgIpc) is 2.93. The molecule has 4 bridgehead atoms. The second-order valence-electron chi connectivity index (χ2n) is 9.73. The number of nitrogens with one attached hydrogen (secondary N) is 4. The second-order valence-corrected chi connectivity index (χ2v) is 10.6. The van der Waals surface area contributed by atoms with Gasteiger partial charge in [-0.2, -0.15) is 0 Å². The maximum atomic E-state index is 4.75. The van der Waals surface area contributed by atoms with Crippen LogP contribution in [-0.4, -0.2) is 103 Å². The van der Waals surface area contributed by atoms with Crippen LogP contribution in [0.1, 0.15) is 33.4 Å². The average molecular weight is 581 g/mol. The second kappa shape index (κ2) is 18.9. The summed E-state index contributed by atoms with van der Waals surface area (Å²) in [6.45, 7) is 13.9. The van der Waals surface area contributed by atoms with Crippen LogP contribution in [-0.2, 0) is 0 Å². The first-order valence-corrected chi connectivity index (χ1v) is 14.9. The molecule has 10 heteroatoms. The predicted molar refractivity (Wildman–Crippen MR) is 178 cm³/mol. The number of thiol groups is 2. The Balaban J connectivity index is 1.56. The molecular formula is C30H44N8S2. The molecular weight excluding hydrogens is 537 g/mol. The summed E-state index contributed by atoms with van der Waals surface area (Å²) in [7, 11) is 0. The molecule has 0 spiro atoms. The zero-order valence-corrected chi connectivity index (χ0v) is 25.6. The van der Waals surface area contributed by atoms with Crippen LogP contribution < -0.4 is 21.3 Å². The summed E-state index contributed by atoms with van der Waals surface area (Å²) < 4.78 is 0. The highest BCUT2D eigenvalue weighted by atomic mass is 32.1. The lowest BCUT2D eigenvalue weighted by Gasteiger charge is -2.08. The van der Waals surface area contributed by atoms with Crippen LogP contribution in [0, 0.1) is 13.8 Å². The molecule has 2 aromatic rings. The van der Waals surface area contributed by atoms with Crippen molar-refractivity contribution in [3.8, 4) is 0 Å². The molecule has 0 aliphatic carbocycles. The number of rotatable bonds is 0. The van der Waals surface area contributed by atoms with Gasteiger partial charge in [-0.3, -0.25) is 20.0 Å². The lowest BCUT2D eigenvalue weighted by Crippen LogP contribution is -2.30. The van der Waals surface area contributed by atoms with E-state index in [4.69, 9.17) is 25.3 Å². The van der Waals surface area contributed by atoms with E-state index in [0.717, 1.165) is 84.4 Å². The third kappa shape index (κ3) is 12.0. The summed E-state index contributed by atoms with van der Waals surface area (Å²) in [6, 6.07) is 8.45. The number of hydrogen-bond donors (Lipinski definition) is 6. The van der Waals surface area contributed by atoms with Crippen LogP contribution in [0.2, 0.25) is 0 Å². The molecule has 1 aliphatic rings. The van der Waals surface area contributed by atoms with Crippen molar-refractivity contribution >= 4 is 50.1 Å². The van der Waals surface area contributed by atoms with E-state index in [1.165, 1.54) is 11.1 Å². The summed E-state index contributed by atoms with van der Waals surface area (Å²) in [5.74, 6) is 0. The first-order valence-electron chi connectivity index (χ1n) is 14.0. The van der Waals surface area contributed by atoms with Gasteiger partial charge in [-0.25, -0.2) is 0 Å². The Kier molecular flexibility index (Phi) is 15.2. The molecule has 216 valence electrons. The van der Waals surface area contributed by atoms with Gasteiger partial charge >= 0.3 is 0 Å². The van der Waals surface area contributed by atoms with Crippen molar-refractivity contribution in [2.75, 3.05) is 78.5 Å². The lowest BCUT2D eigenvalue weighted by molar-refractivity contribution is 0.619. The Morgan fingerprint density at radius 2 is 0.700 bits per heavy atom. The molecule has 40 heavy (non-hydrogen) atoms. The molecule has 4 N–H and O–H groups in total. The maximum absolute atomic E-state index is 4.75. The van der Waals surface area contributed by atoms with Gasteiger partial charge in [-0.15, -0.1) is 25.3 Å². The monoisotopic (exact) mass is 580 g/mol. The minimum absolute atomic E-state index is 0.713. The fourth-order valence-electron chi connectivity index (χ4n) is 4.14. The van der Waals surface area contributed by atoms with Crippen molar-refractivity contribution in [3.63, 3.8) is 0 Å². The molecule has 1 aliphatic heterocycles. The number of aliphatic imine (C=N–C) groups is 4. The van der Waals surface area contributed by atoms with Crippen molar-refractivity contribution in [1.82, 2.24) is 21.3 Å². The van der Waals surface area contributed by atoms with Crippen LogP contribution in [0.15, 0.2) is 54.0 Å². The van der Waals surface area contributed by atoms with Gasteiger partial charge in [0.1, 0.15) is 0 Å². The Morgan fingerprint density at radius 1 is 0.450 bits per heavy atom. The van der Waals surface area contributed by atoms with Crippen molar-refractivity contribution in [3.05, 3.63) is 57.6 Å². The Morgan fingerprint density at radius 3 is 0.950 bits per heavy atom. The molecule has 0 unspecified atom stereocenters. The molecule has 0 atom stereocenters. The summed E-state index contributed by atoms with van der Waals surface area (Å²) >= 11 is 9.49. The molecule has 0 aromatic heterocycles. The Hall–Kier alpha value is -2.34. The summed E-state index contributed by atoms with van der Waals surface area (Å²) in [4.78, 5) is 20.2. The molecule has 2 aromatic carbocycles. The van der Waals surface area contributed by atoms with Crippen LogP contribution in [0.3, 0.4) is 0 Å². The number of hydrogen-bond acceptors (Lipinski definition) is 10. The third-order valence-corrected chi connectivity index (χ3v) is 7.21. The highest BCUT2D eigenvalue weighted by Gasteiger charge is 2.05. The van der Waals surface area contributed by atoms with Gasteiger partial charge in [-0.05, 0) is 49.2 Å². The predicted octanol–water partition coefficient (Wildman–Crippen LogP) is 2.63. The summed E-state index contributed by atoms with van der Waals surface area (Å²) in [5, 5.41) is 13.7. The van der Waals surface area contributed by atoms with E-state index in [9.17, 15) is 0 Å². The third-order valence-electron chi connectivity index (χ3n) is 6.18. The van der Waals surface area contributed by atoms with Crippen molar-refractivity contribution in [2.45, 2.75) is 23.6 Å². The first-order chi connectivity index (χ1) is 19.5. The molecule has 1 heterocycles. The van der Waals surface area contributed by atoms with Gasteiger partial charge in [0.2, 0.25) is 0 Å². The minimum Gasteiger partial charge on any atom is -0.314 e. The largest absolute Gasteiger partial charge is 0.314 e. The minimum atomic E-state index is 0.713. The zero-order chi connectivity index (χ0) is 28.4. The van der Waals surface area contributed by atoms with Crippen LogP contribution in [0.5, 0.6) is 0 Å².